The number of halogens is 1. The number of carbonyl (C=O) groups excluding carboxylic acids is 2. The molecule has 0 bridgehead atoms. The van der Waals surface area contributed by atoms with Crippen molar-refractivity contribution in [2.75, 3.05) is 25.2 Å². The molecule has 2 aromatic rings. The number of hydrogen-bond acceptors (Lipinski definition) is 5. The van der Waals surface area contributed by atoms with Crippen LogP contribution in [0.4, 0.5) is 5.69 Å². The van der Waals surface area contributed by atoms with E-state index in [4.69, 9.17) is 0 Å². The molecule has 0 aliphatic rings. The van der Waals surface area contributed by atoms with Crippen LogP contribution in [0.25, 0.3) is 0 Å². The average molecular weight is 451 g/mol. The molecule has 0 unspecified atom stereocenters. The van der Waals surface area contributed by atoms with Crippen LogP contribution in [0.2, 0.25) is 0 Å². The van der Waals surface area contributed by atoms with Crippen molar-refractivity contribution in [2.24, 2.45) is 0 Å². The largest absolute Gasteiger partial charge is 0.336 e. The lowest BCUT2D eigenvalue weighted by Gasteiger charge is -2.18. The maximum Gasteiger partial charge on any atom is 0.244 e. The maximum absolute atomic E-state index is 12.4. The number of para-hydroxylation sites is 1. The molecule has 1 heterocycles. The van der Waals surface area contributed by atoms with Crippen molar-refractivity contribution in [1.82, 2.24) is 14.9 Å². The zero-order chi connectivity index (χ0) is 20.0. The Labute approximate surface area is 172 Å². The average Bonchev–Trinajstić information content (AvgIpc) is 2.62. The number of rotatable bonds is 7. The number of benzene rings is 1. The van der Waals surface area contributed by atoms with Crippen LogP contribution >= 0.6 is 27.7 Å². The number of aryl methyl sites for hydroxylation is 2. The van der Waals surface area contributed by atoms with Gasteiger partial charge < -0.3 is 10.2 Å². The van der Waals surface area contributed by atoms with E-state index in [2.05, 4.69) is 31.2 Å². The first-order valence-corrected chi connectivity index (χ1v) is 10.5. The van der Waals surface area contributed by atoms with E-state index in [0.29, 0.717) is 18.5 Å². The van der Waals surface area contributed by atoms with Gasteiger partial charge in [-0.05, 0) is 60.2 Å². The summed E-state index contributed by atoms with van der Waals surface area (Å²) in [6.07, 6.45) is 2.80. The van der Waals surface area contributed by atoms with Crippen LogP contribution in [0.5, 0.6) is 0 Å². The first-order chi connectivity index (χ1) is 12.8. The molecule has 27 heavy (non-hydrogen) atoms. The molecule has 8 heteroatoms. The molecule has 0 saturated heterocycles. The van der Waals surface area contributed by atoms with E-state index in [1.165, 1.54) is 16.7 Å². The molecule has 2 amide bonds. The zero-order valence-corrected chi connectivity index (χ0v) is 18.3. The topological polar surface area (TPSA) is 75.2 Å². The van der Waals surface area contributed by atoms with Gasteiger partial charge in [0.15, 0.2) is 5.16 Å². The second kappa shape index (κ2) is 9.85. The molecule has 6 nitrogen and oxygen atoms in total. The van der Waals surface area contributed by atoms with Crippen LogP contribution < -0.4 is 5.32 Å². The van der Waals surface area contributed by atoms with Crippen molar-refractivity contribution in [1.29, 1.82) is 0 Å². The monoisotopic (exact) mass is 450 g/mol. The Bertz CT molecular complexity index is 821. The molecule has 1 aromatic carbocycles. The molecule has 0 spiro atoms. The van der Waals surface area contributed by atoms with Crippen molar-refractivity contribution in [3.05, 3.63) is 45.7 Å². The summed E-state index contributed by atoms with van der Waals surface area (Å²) in [5.41, 5.74) is 3.47. The van der Waals surface area contributed by atoms with Crippen LogP contribution in [0.1, 0.15) is 23.4 Å². The summed E-state index contributed by atoms with van der Waals surface area (Å²) in [7, 11) is 1.63. The van der Waals surface area contributed by atoms with Gasteiger partial charge in [0, 0.05) is 29.3 Å². The molecule has 2 rings (SSSR count). The predicted octanol–water partition coefficient (Wildman–Crippen LogP) is 3.61. The number of aromatic nitrogens is 2. The Kier molecular flexibility index (Phi) is 7.79. The van der Waals surface area contributed by atoms with Gasteiger partial charge in [0.05, 0.1) is 12.2 Å². The van der Waals surface area contributed by atoms with Gasteiger partial charge in [-0.2, -0.15) is 0 Å². The molecule has 0 fully saturated rings. The fraction of sp³-hybridized carbons (Fsp3) is 0.368. The Hall–Kier alpha value is -1.93. The number of nitrogens with zero attached hydrogens (tertiary/aromatic N) is 3. The van der Waals surface area contributed by atoms with Crippen molar-refractivity contribution < 1.29 is 9.59 Å². The lowest BCUT2D eigenvalue weighted by atomic mass is 10.1. The van der Waals surface area contributed by atoms with E-state index in [0.717, 1.165) is 26.6 Å². The second-order valence-corrected chi connectivity index (χ2v) is 7.77. The maximum atomic E-state index is 12.4. The Morgan fingerprint density at radius 2 is 1.81 bits per heavy atom. The molecule has 0 radical (unpaired) electrons. The molecule has 1 N–H and O–H groups in total. The third-order valence-electron chi connectivity index (χ3n) is 4.13. The van der Waals surface area contributed by atoms with Crippen LogP contribution in [0.3, 0.4) is 0 Å². The summed E-state index contributed by atoms with van der Waals surface area (Å²) in [4.78, 5) is 34.9. The summed E-state index contributed by atoms with van der Waals surface area (Å²) >= 11 is 4.88. The minimum absolute atomic E-state index is 0.0000441. The van der Waals surface area contributed by atoms with Gasteiger partial charge >= 0.3 is 0 Å². The van der Waals surface area contributed by atoms with Crippen LogP contribution in [-0.2, 0) is 16.0 Å². The predicted molar refractivity (Wildman–Crippen MR) is 112 cm³/mol. The number of carbonyl (C=O) groups is 2. The van der Waals surface area contributed by atoms with Crippen LogP contribution in [0.15, 0.2) is 33.9 Å². The van der Waals surface area contributed by atoms with Gasteiger partial charge in [0.1, 0.15) is 0 Å². The van der Waals surface area contributed by atoms with E-state index < -0.39 is 0 Å². The summed E-state index contributed by atoms with van der Waals surface area (Å²) in [6.45, 7) is 3.87. The highest BCUT2D eigenvalue weighted by molar-refractivity contribution is 9.10. The highest BCUT2D eigenvalue weighted by Gasteiger charge is 2.16. The molecule has 0 atom stereocenters. The van der Waals surface area contributed by atoms with E-state index in [1.54, 1.807) is 13.1 Å². The number of hydrogen-bond donors (Lipinski definition) is 1. The lowest BCUT2D eigenvalue weighted by molar-refractivity contribution is -0.133. The lowest BCUT2D eigenvalue weighted by Crippen LogP contribution is -2.35. The fourth-order valence-corrected chi connectivity index (χ4v) is 3.48. The van der Waals surface area contributed by atoms with Gasteiger partial charge in [0.25, 0.3) is 0 Å². The highest BCUT2D eigenvalue weighted by atomic mass is 79.9. The quantitative estimate of drug-likeness (QED) is 0.514. The third kappa shape index (κ3) is 6.04. The second-order valence-electron chi connectivity index (χ2n) is 6.14. The Balaban J connectivity index is 1.90. The van der Waals surface area contributed by atoms with Crippen molar-refractivity contribution in [3.8, 4) is 0 Å². The van der Waals surface area contributed by atoms with Crippen molar-refractivity contribution in [3.63, 3.8) is 0 Å². The first kappa shape index (κ1) is 21.4. The van der Waals surface area contributed by atoms with Gasteiger partial charge in [-0.1, -0.05) is 23.9 Å². The molecule has 1 aromatic heterocycles. The fourth-order valence-electron chi connectivity index (χ4n) is 2.64. The van der Waals surface area contributed by atoms with Gasteiger partial charge in [-0.15, -0.1) is 0 Å². The summed E-state index contributed by atoms with van der Waals surface area (Å²) < 4.78 is 0.798. The van der Waals surface area contributed by atoms with Crippen LogP contribution in [0, 0.1) is 13.8 Å². The standard InChI is InChI=1S/C19H23BrN4O2S/c1-12-14(13(2)22-19(21-12)27-4)9-10-18(26)24(3)11-17(25)23-16-8-6-5-7-15(16)20/h5-8H,9-11H2,1-4H3,(H,23,25). The minimum Gasteiger partial charge on any atom is -0.336 e. The molecule has 0 aliphatic carbocycles. The molecule has 144 valence electrons. The summed E-state index contributed by atoms with van der Waals surface area (Å²) in [5, 5.41) is 3.54. The van der Waals surface area contributed by atoms with Gasteiger partial charge in [0.2, 0.25) is 11.8 Å². The molecular formula is C19H23BrN4O2S. The highest BCUT2D eigenvalue weighted by Crippen LogP contribution is 2.21. The van der Waals surface area contributed by atoms with E-state index >= 15 is 0 Å². The normalized spacial score (nSPS) is 10.6. The molecular weight excluding hydrogens is 428 g/mol. The van der Waals surface area contributed by atoms with Crippen molar-refractivity contribution in [2.45, 2.75) is 31.8 Å². The number of thioether (sulfide) groups is 1. The Morgan fingerprint density at radius 3 is 2.41 bits per heavy atom. The smallest absolute Gasteiger partial charge is 0.244 e. The third-order valence-corrected chi connectivity index (χ3v) is 5.37. The number of amides is 2. The van der Waals surface area contributed by atoms with E-state index in [-0.39, 0.29) is 18.4 Å². The minimum atomic E-state index is -0.238. The van der Waals surface area contributed by atoms with E-state index in [1.807, 2.05) is 38.3 Å². The summed E-state index contributed by atoms with van der Waals surface area (Å²) in [6, 6.07) is 7.35. The van der Waals surface area contributed by atoms with Crippen molar-refractivity contribution >= 4 is 45.2 Å². The Morgan fingerprint density at radius 1 is 1.19 bits per heavy atom. The van der Waals surface area contributed by atoms with E-state index in [9.17, 15) is 9.59 Å². The number of anilines is 1. The first-order valence-electron chi connectivity index (χ1n) is 8.48. The number of likely N-dealkylation sites (N-methyl/N-ethyl adjacent to an activating group) is 1. The van der Waals surface area contributed by atoms with Gasteiger partial charge in [-0.3, -0.25) is 9.59 Å². The van der Waals surface area contributed by atoms with Crippen LogP contribution in [-0.4, -0.2) is 46.5 Å². The SMILES string of the molecule is CSc1nc(C)c(CCC(=O)N(C)CC(=O)Nc2ccccc2Br)c(C)n1. The molecule has 0 aliphatic heterocycles. The zero-order valence-electron chi connectivity index (χ0n) is 15.9. The molecule has 0 saturated carbocycles. The van der Waals surface area contributed by atoms with Gasteiger partial charge in [-0.25, -0.2) is 9.97 Å². The number of nitrogens with one attached hydrogen (secondary N) is 1. The summed E-state index contributed by atoms with van der Waals surface area (Å²) in [5.74, 6) is -0.331.